The average Bonchev–Trinajstić information content (AvgIpc) is 3.11. The Balaban J connectivity index is 1.78. The van der Waals surface area contributed by atoms with Crippen molar-refractivity contribution in [3.63, 3.8) is 0 Å². The van der Waals surface area contributed by atoms with Crippen molar-refractivity contribution in [1.82, 2.24) is 19.5 Å². The molecule has 3 heterocycles. The Morgan fingerprint density at radius 3 is 2.52 bits per heavy atom. The standard InChI is InChI=1S/C21H14ClF3N6/c1-2-18-30-20-16(9-14(22)11-27-20)31(18)19-8-12(10-26)7-17(29-19)28-15-5-3-13(4-6-15)21(23,24)25/h3-9,11H,2H2,1H3,(H,28,29). The number of fused-ring (bicyclic) bond motifs is 1. The van der Waals surface area contributed by atoms with Gasteiger partial charge in [0.15, 0.2) is 5.65 Å². The molecule has 3 aromatic heterocycles. The molecule has 10 heteroatoms. The third-order valence-electron chi connectivity index (χ3n) is 4.52. The number of imidazole rings is 1. The number of halogens is 4. The number of hydrogen-bond acceptors (Lipinski definition) is 5. The van der Waals surface area contributed by atoms with Gasteiger partial charge in [0.05, 0.1) is 27.7 Å². The summed E-state index contributed by atoms with van der Waals surface area (Å²) in [6.07, 6.45) is -2.34. The molecule has 0 saturated heterocycles. The summed E-state index contributed by atoms with van der Waals surface area (Å²) in [5.74, 6) is 1.39. The quantitative estimate of drug-likeness (QED) is 0.440. The van der Waals surface area contributed by atoms with Crippen LogP contribution in [0.5, 0.6) is 0 Å². The highest BCUT2D eigenvalue weighted by Crippen LogP contribution is 2.31. The summed E-state index contributed by atoms with van der Waals surface area (Å²) in [4.78, 5) is 13.3. The van der Waals surface area contributed by atoms with Gasteiger partial charge in [-0.2, -0.15) is 18.4 Å². The van der Waals surface area contributed by atoms with Crippen LogP contribution in [0.1, 0.15) is 23.9 Å². The molecule has 156 valence electrons. The number of aromatic nitrogens is 4. The zero-order valence-electron chi connectivity index (χ0n) is 16.1. The van der Waals surface area contributed by atoms with Crippen LogP contribution in [0.3, 0.4) is 0 Å². The number of nitrogens with one attached hydrogen (secondary N) is 1. The topological polar surface area (TPSA) is 79.4 Å². The molecule has 0 aliphatic heterocycles. The summed E-state index contributed by atoms with van der Waals surface area (Å²) >= 11 is 6.10. The number of rotatable bonds is 4. The van der Waals surface area contributed by atoms with Crippen molar-refractivity contribution in [2.45, 2.75) is 19.5 Å². The number of nitriles is 1. The Hall–Kier alpha value is -3.64. The van der Waals surface area contributed by atoms with E-state index in [2.05, 4.69) is 26.3 Å². The van der Waals surface area contributed by atoms with E-state index in [9.17, 15) is 18.4 Å². The lowest BCUT2D eigenvalue weighted by Gasteiger charge is -2.12. The van der Waals surface area contributed by atoms with Gasteiger partial charge < -0.3 is 5.32 Å². The van der Waals surface area contributed by atoms with E-state index < -0.39 is 11.7 Å². The largest absolute Gasteiger partial charge is 0.416 e. The first-order valence-electron chi connectivity index (χ1n) is 9.18. The van der Waals surface area contributed by atoms with E-state index >= 15 is 0 Å². The molecular weight excluding hydrogens is 429 g/mol. The lowest BCUT2D eigenvalue weighted by atomic mass is 10.2. The minimum absolute atomic E-state index is 0.299. The lowest BCUT2D eigenvalue weighted by molar-refractivity contribution is -0.137. The first kappa shape index (κ1) is 20.6. The number of anilines is 2. The molecule has 0 saturated carbocycles. The third-order valence-corrected chi connectivity index (χ3v) is 4.73. The summed E-state index contributed by atoms with van der Waals surface area (Å²) in [6, 6.07) is 11.4. The molecule has 0 atom stereocenters. The summed E-state index contributed by atoms with van der Waals surface area (Å²) in [5, 5.41) is 12.8. The Morgan fingerprint density at radius 2 is 1.87 bits per heavy atom. The highest BCUT2D eigenvalue weighted by atomic mass is 35.5. The molecule has 0 aliphatic rings. The summed E-state index contributed by atoms with van der Waals surface area (Å²) < 4.78 is 40.1. The summed E-state index contributed by atoms with van der Waals surface area (Å²) in [5.41, 5.74) is 1.09. The molecule has 0 radical (unpaired) electrons. The Bertz CT molecular complexity index is 1310. The molecule has 0 unspecified atom stereocenters. The van der Waals surface area contributed by atoms with Crippen molar-refractivity contribution in [2.75, 3.05) is 5.32 Å². The monoisotopic (exact) mass is 442 g/mol. The first-order valence-corrected chi connectivity index (χ1v) is 9.56. The number of hydrogen-bond donors (Lipinski definition) is 1. The number of aryl methyl sites for hydroxylation is 1. The van der Waals surface area contributed by atoms with Gasteiger partial charge in [-0.15, -0.1) is 0 Å². The zero-order chi connectivity index (χ0) is 22.2. The minimum Gasteiger partial charge on any atom is -0.340 e. The average molecular weight is 443 g/mol. The van der Waals surface area contributed by atoms with Crippen molar-refractivity contribution >= 4 is 34.3 Å². The SMILES string of the molecule is CCc1nc2ncc(Cl)cc2n1-c1cc(C#N)cc(Nc2ccc(C(F)(F)F)cc2)n1. The van der Waals surface area contributed by atoms with Gasteiger partial charge in [0.2, 0.25) is 0 Å². The van der Waals surface area contributed by atoms with Gasteiger partial charge in [-0.1, -0.05) is 18.5 Å². The van der Waals surface area contributed by atoms with Crippen LogP contribution < -0.4 is 5.32 Å². The van der Waals surface area contributed by atoms with Gasteiger partial charge in [-0.25, -0.2) is 15.0 Å². The summed E-state index contributed by atoms with van der Waals surface area (Å²) in [7, 11) is 0. The van der Waals surface area contributed by atoms with Crippen molar-refractivity contribution in [3.05, 3.63) is 70.6 Å². The molecular formula is C21H14ClF3N6. The van der Waals surface area contributed by atoms with Crippen molar-refractivity contribution < 1.29 is 13.2 Å². The highest BCUT2D eigenvalue weighted by molar-refractivity contribution is 6.31. The maximum absolute atomic E-state index is 12.8. The lowest BCUT2D eigenvalue weighted by Crippen LogP contribution is -2.06. The fraction of sp³-hybridized carbons (Fsp3) is 0.143. The van der Waals surface area contributed by atoms with Crippen molar-refractivity contribution in [1.29, 1.82) is 5.26 Å². The Morgan fingerprint density at radius 1 is 1.13 bits per heavy atom. The van der Waals surface area contributed by atoms with Crippen LogP contribution in [0.4, 0.5) is 24.7 Å². The van der Waals surface area contributed by atoms with Crippen molar-refractivity contribution in [3.8, 4) is 11.9 Å². The van der Waals surface area contributed by atoms with Crippen LogP contribution in [0.2, 0.25) is 5.02 Å². The van der Waals surface area contributed by atoms with Gasteiger partial charge in [0, 0.05) is 18.3 Å². The Labute approximate surface area is 180 Å². The second kappa shape index (κ2) is 7.89. The molecule has 0 fully saturated rings. The van der Waals surface area contributed by atoms with Gasteiger partial charge in [0.1, 0.15) is 17.5 Å². The highest BCUT2D eigenvalue weighted by Gasteiger charge is 2.30. The molecule has 0 aliphatic carbocycles. The number of pyridine rings is 2. The van der Waals surface area contributed by atoms with E-state index in [0.29, 0.717) is 51.3 Å². The maximum atomic E-state index is 12.8. The second-order valence-electron chi connectivity index (χ2n) is 6.62. The van der Waals surface area contributed by atoms with E-state index in [1.54, 1.807) is 16.7 Å². The summed E-state index contributed by atoms with van der Waals surface area (Å²) in [6.45, 7) is 1.93. The van der Waals surface area contributed by atoms with E-state index in [4.69, 9.17) is 11.6 Å². The molecule has 4 aromatic rings. The molecule has 6 nitrogen and oxygen atoms in total. The second-order valence-corrected chi connectivity index (χ2v) is 7.06. The van der Waals surface area contributed by atoms with Gasteiger partial charge in [-0.05, 0) is 42.5 Å². The van der Waals surface area contributed by atoms with E-state index in [-0.39, 0.29) is 0 Å². The van der Waals surface area contributed by atoms with Gasteiger partial charge >= 0.3 is 6.18 Å². The number of nitrogens with zero attached hydrogens (tertiary/aromatic N) is 5. The normalized spacial score (nSPS) is 11.5. The predicted octanol–water partition coefficient (Wildman–Crippen LogP) is 5.67. The number of benzene rings is 1. The number of alkyl halides is 3. The fourth-order valence-corrected chi connectivity index (χ4v) is 3.28. The van der Waals surface area contributed by atoms with Crippen molar-refractivity contribution in [2.24, 2.45) is 0 Å². The minimum atomic E-state index is -4.42. The Kier molecular flexibility index (Phi) is 5.25. The molecule has 0 spiro atoms. The molecule has 1 N–H and O–H groups in total. The van der Waals surface area contributed by atoms with E-state index in [1.165, 1.54) is 24.4 Å². The zero-order valence-corrected chi connectivity index (χ0v) is 16.8. The van der Waals surface area contributed by atoms with Gasteiger partial charge in [0.25, 0.3) is 0 Å². The van der Waals surface area contributed by atoms with E-state index in [0.717, 1.165) is 12.1 Å². The van der Waals surface area contributed by atoms with Crippen LogP contribution in [-0.4, -0.2) is 19.5 Å². The molecule has 0 bridgehead atoms. The van der Waals surface area contributed by atoms with Crippen LogP contribution in [0.25, 0.3) is 17.0 Å². The fourth-order valence-electron chi connectivity index (χ4n) is 3.13. The molecule has 31 heavy (non-hydrogen) atoms. The maximum Gasteiger partial charge on any atom is 0.416 e. The van der Waals surface area contributed by atoms with Gasteiger partial charge in [-0.3, -0.25) is 4.57 Å². The van der Waals surface area contributed by atoms with E-state index in [1.807, 2.05) is 6.92 Å². The third kappa shape index (κ3) is 4.15. The predicted molar refractivity (Wildman–Crippen MR) is 110 cm³/mol. The molecule has 0 amide bonds. The van der Waals surface area contributed by atoms with Crippen LogP contribution in [0.15, 0.2) is 48.7 Å². The van der Waals surface area contributed by atoms with Crippen LogP contribution in [0, 0.1) is 11.3 Å². The first-order chi connectivity index (χ1) is 14.8. The molecule has 1 aromatic carbocycles. The van der Waals surface area contributed by atoms with Crippen LogP contribution in [-0.2, 0) is 12.6 Å². The van der Waals surface area contributed by atoms with Crippen LogP contribution >= 0.6 is 11.6 Å². The molecule has 4 rings (SSSR count). The smallest absolute Gasteiger partial charge is 0.340 e.